The molecule has 0 saturated carbocycles. The molecule has 1 amide bonds. The lowest BCUT2D eigenvalue weighted by molar-refractivity contribution is -0.127. The molecular formula is C17H18BrN3O3S2. The van der Waals surface area contributed by atoms with Gasteiger partial charge in [0.05, 0.1) is 15.6 Å². The molecule has 9 heteroatoms. The number of benzene rings is 1. The van der Waals surface area contributed by atoms with E-state index < -0.39 is 10.0 Å². The number of carbonyl (C=O) groups is 1. The third-order valence-electron chi connectivity index (χ3n) is 4.04. The van der Waals surface area contributed by atoms with Crippen LogP contribution in [0.2, 0.25) is 0 Å². The minimum absolute atomic E-state index is 0.131. The Bertz CT molecular complexity index is 932. The molecule has 26 heavy (non-hydrogen) atoms. The summed E-state index contributed by atoms with van der Waals surface area (Å²) in [5.41, 5.74) is 0.760. The number of halogens is 1. The quantitative estimate of drug-likeness (QED) is 0.664. The average molecular weight is 456 g/mol. The summed E-state index contributed by atoms with van der Waals surface area (Å²) >= 11 is 4.82. The SMILES string of the molecule is Cc1nc(/C=C/C(=O)N2CCN(S(=O)(=O)c3ccccc3Br)CC2)cs1. The van der Waals surface area contributed by atoms with Crippen LogP contribution in [0.25, 0.3) is 6.08 Å². The molecule has 2 heterocycles. The van der Waals surface area contributed by atoms with Gasteiger partial charge in [-0.05, 0) is 41.1 Å². The van der Waals surface area contributed by atoms with Crippen molar-refractivity contribution in [2.75, 3.05) is 26.2 Å². The van der Waals surface area contributed by atoms with E-state index in [0.717, 1.165) is 10.7 Å². The van der Waals surface area contributed by atoms with Gasteiger partial charge in [-0.1, -0.05) is 12.1 Å². The number of aromatic nitrogens is 1. The summed E-state index contributed by atoms with van der Waals surface area (Å²) in [7, 11) is -3.57. The second-order valence-electron chi connectivity index (χ2n) is 5.78. The van der Waals surface area contributed by atoms with Gasteiger partial charge in [0, 0.05) is 42.1 Å². The van der Waals surface area contributed by atoms with Gasteiger partial charge < -0.3 is 4.90 Å². The van der Waals surface area contributed by atoms with Crippen molar-refractivity contribution in [3.8, 4) is 0 Å². The number of hydrogen-bond acceptors (Lipinski definition) is 5. The second kappa shape index (κ2) is 7.99. The smallest absolute Gasteiger partial charge is 0.246 e. The predicted molar refractivity (Wildman–Crippen MR) is 105 cm³/mol. The average Bonchev–Trinajstić information content (AvgIpc) is 3.05. The molecule has 0 radical (unpaired) electrons. The molecule has 3 rings (SSSR count). The second-order valence-corrected chi connectivity index (χ2v) is 9.61. The number of rotatable bonds is 4. The van der Waals surface area contributed by atoms with Crippen LogP contribution in [0.15, 0.2) is 45.1 Å². The molecule has 0 bridgehead atoms. The molecule has 0 spiro atoms. The number of aryl methyl sites for hydroxylation is 1. The number of hydrogen-bond donors (Lipinski definition) is 0. The molecule has 1 saturated heterocycles. The third kappa shape index (κ3) is 4.22. The van der Waals surface area contributed by atoms with Crippen LogP contribution in [-0.4, -0.2) is 54.7 Å². The van der Waals surface area contributed by atoms with E-state index in [-0.39, 0.29) is 23.9 Å². The summed E-state index contributed by atoms with van der Waals surface area (Å²) in [5, 5.41) is 2.84. The Hall–Kier alpha value is -1.55. The maximum atomic E-state index is 12.8. The first-order valence-corrected chi connectivity index (χ1v) is 11.1. The van der Waals surface area contributed by atoms with Crippen molar-refractivity contribution in [2.24, 2.45) is 0 Å². The third-order valence-corrected chi connectivity index (χ3v) is 7.74. The molecule has 2 aromatic rings. The number of piperazine rings is 1. The van der Waals surface area contributed by atoms with Crippen LogP contribution in [-0.2, 0) is 14.8 Å². The summed E-state index contributed by atoms with van der Waals surface area (Å²) in [4.78, 5) is 18.5. The van der Waals surface area contributed by atoms with Crippen LogP contribution in [0.5, 0.6) is 0 Å². The Balaban J connectivity index is 1.63. The van der Waals surface area contributed by atoms with Crippen molar-refractivity contribution < 1.29 is 13.2 Å². The van der Waals surface area contributed by atoms with Gasteiger partial charge in [0.15, 0.2) is 0 Å². The summed E-state index contributed by atoms with van der Waals surface area (Å²) in [6.45, 7) is 3.19. The summed E-state index contributed by atoms with van der Waals surface area (Å²) in [6, 6.07) is 6.76. The van der Waals surface area contributed by atoms with E-state index in [1.54, 1.807) is 35.2 Å². The van der Waals surface area contributed by atoms with Crippen molar-refractivity contribution in [1.82, 2.24) is 14.2 Å². The molecular weight excluding hydrogens is 438 g/mol. The van der Waals surface area contributed by atoms with Gasteiger partial charge >= 0.3 is 0 Å². The fourth-order valence-electron chi connectivity index (χ4n) is 2.66. The van der Waals surface area contributed by atoms with E-state index in [2.05, 4.69) is 20.9 Å². The van der Waals surface area contributed by atoms with Gasteiger partial charge in [0.25, 0.3) is 0 Å². The highest BCUT2D eigenvalue weighted by Crippen LogP contribution is 2.25. The Morgan fingerprint density at radius 1 is 1.23 bits per heavy atom. The van der Waals surface area contributed by atoms with Crippen LogP contribution in [0.4, 0.5) is 0 Å². The maximum absolute atomic E-state index is 12.8. The highest BCUT2D eigenvalue weighted by molar-refractivity contribution is 9.10. The van der Waals surface area contributed by atoms with Gasteiger partial charge in [-0.25, -0.2) is 13.4 Å². The highest BCUT2D eigenvalue weighted by atomic mass is 79.9. The van der Waals surface area contributed by atoms with Crippen molar-refractivity contribution >= 4 is 49.3 Å². The fraction of sp³-hybridized carbons (Fsp3) is 0.294. The highest BCUT2D eigenvalue weighted by Gasteiger charge is 2.30. The van der Waals surface area contributed by atoms with E-state index in [4.69, 9.17) is 0 Å². The Morgan fingerprint density at radius 2 is 1.92 bits per heavy atom. The Labute approximate surface area is 165 Å². The van der Waals surface area contributed by atoms with Gasteiger partial charge in [0.2, 0.25) is 15.9 Å². The number of nitrogens with zero attached hydrogens (tertiary/aromatic N) is 3. The number of sulfonamides is 1. The van der Waals surface area contributed by atoms with Gasteiger partial charge in [0.1, 0.15) is 0 Å². The Morgan fingerprint density at radius 3 is 2.54 bits per heavy atom. The van der Waals surface area contributed by atoms with Crippen molar-refractivity contribution in [3.63, 3.8) is 0 Å². The summed E-state index contributed by atoms with van der Waals surface area (Å²) in [6.07, 6.45) is 3.18. The van der Waals surface area contributed by atoms with Crippen LogP contribution in [0.3, 0.4) is 0 Å². The minimum atomic E-state index is -3.57. The molecule has 6 nitrogen and oxygen atoms in total. The number of carbonyl (C=O) groups excluding carboxylic acids is 1. The standard InChI is InChI=1S/C17H18BrN3O3S2/c1-13-19-14(12-25-13)6-7-17(22)20-8-10-21(11-9-20)26(23,24)16-5-3-2-4-15(16)18/h2-7,12H,8-11H2,1H3/b7-6+. The molecule has 1 aliphatic heterocycles. The molecule has 1 aromatic heterocycles. The maximum Gasteiger partial charge on any atom is 0.246 e. The van der Waals surface area contributed by atoms with Gasteiger partial charge in [-0.15, -0.1) is 11.3 Å². The van der Waals surface area contributed by atoms with E-state index in [9.17, 15) is 13.2 Å². The molecule has 0 atom stereocenters. The monoisotopic (exact) mass is 455 g/mol. The summed E-state index contributed by atoms with van der Waals surface area (Å²) < 4.78 is 27.5. The summed E-state index contributed by atoms with van der Waals surface area (Å²) in [5.74, 6) is -0.131. The lowest BCUT2D eigenvalue weighted by Gasteiger charge is -2.33. The molecule has 0 N–H and O–H groups in total. The minimum Gasteiger partial charge on any atom is -0.337 e. The predicted octanol–water partition coefficient (Wildman–Crippen LogP) is 2.76. The zero-order valence-corrected chi connectivity index (χ0v) is 17.3. The molecule has 138 valence electrons. The van der Waals surface area contributed by atoms with Crippen LogP contribution >= 0.6 is 27.3 Å². The van der Waals surface area contributed by atoms with Crippen LogP contribution < -0.4 is 0 Å². The van der Waals surface area contributed by atoms with E-state index in [1.807, 2.05) is 12.3 Å². The van der Waals surface area contributed by atoms with Crippen LogP contribution in [0, 0.1) is 6.92 Å². The number of amides is 1. The van der Waals surface area contributed by atoms with Gasteiger partial charge in [-0.2, -0.15) is 4.31 Å². The van der Waals surface area contributed by atoms with E-state index in [0.29, 0.717) is 17.6 Å². The van der Waals surface area contributed by atoms with Crippen LogP contribution in [0.1, 0.15) is 10.7 Å². The van der Waals surface area contributed by atoms with Gasteiger partial charge in [-0.3, -0.25) is 4.79 Å². The largest absolute Gasteiger partial charge is 0.337 e. The first-order valence-electron chi connectivity index (χ1n) is 8.02. The molecule has 0 aliphatic carbocycles. The van der Waals surface area contributed by atoms with E-state index in [1.165, 1.54) is 21.7 Å². The lowest BCUT2D eigenvalue weighted by atomic mass is 10.3. The zero-order valence-electron chi connectivity index (χ0n) is 14.1. The molecule has 0 unspecified atom stereocenters. The van der Waals surface area contributed by atoms with Crippen molar-refractivity contribution in [2.45, 2.75) is 11.8 Å². The number of thiazole rings is 1. The molecule has 1 aromatic carbocycles. The normalized spacial score (nSPS) is 16.3. The van der Waals surface area contributed by atoms with E-state index >= 15 is 0 Å². The zero-order chi connectivity index (χ0) is 18.7. The first kappa shape index (κ1) is 19.2. The van der Waals surface area contributed by atoms with Crippen molar-refractivity contribution in [1.29, 1.82) is 0 Å². The fourth-order valence-corrected chi connectivity index (χ4v) is 5.63. The molecule has 1 fully saturated rings. The first-order chi connectivity index (χ1) is 12.4. The topological polar surface area (TPSA) is 70.6 Å². The Kier molecular flexibility index (Phi) is 5.91. The lowest BCUT2D eigenvalue weighted by Crippen LogP contribution is -2.50. The van der Waals surface area contributed by atoms with Crippen molar-refractivity contribution in [3.05, 3.63) is 50.9 Å². The molecule has 1 aliphatic rings.